The molecule has 6 nitrogen and oxygen atoms in total. The number of ketones is 1. The van der Waals surface area contributed by atoms with Crippen LogP contribution < -0.4 is 0 Å². The second-order valence-corrected chi connectivity index (χ2v) is 8.82. The Hall–Kier alpha value is -4.71. The summed E-state index contributed by atoms with van der Waals surface area (Å²) in [6.45, 7) is 0. The van der Waals surface area contributed by atoms with Gasteiger partial charge in [0.15, 0.2) is 5.78 Å². The Morgan fingerprint density at radius 1 is 0.657 bits per heavy atom. The molecule has 35 heavy (non-hydrogen) atoms. The Morgan fingerprint density at radius 3 is 1.94 bits per heavy atom. The first-order valence-corrected chi connectivity index (χ1v) is 11.6. The quantitative estimate of drug-likeness (QED) is 0.318. The Kier molecular flexibility index (Phi) is 4.17. The van der Waals surface area contributed by atoms with E-state index in [9.17, 15) is 4.79 Å². The van der Waals surface area contributed by atoms with Crippen molar-refractivity contribution in [3.63, 3.8) is 0 Å². The molecule has 0 aliphatic heterocycles. The van der Waals surface area contributed by atoms with Crippen LogP contribution in [-0.4, -0.2) is 29.1 Å². The lowest BCUT2D eigenvalue weighted by molar-refractivity contribution is 0.0993. The van der Waals surface area contributed by atoms with Crippen LogP contribution in [0.25, 0.3) is 44.7 Å². The molecule has 0 fully saturated rings. The normalized spacial score (nSPS) is 11.8. The van der Waals surface area contributed by atoms with E-state index in [2.05, 4.69) is 39.1 Å². The van der Waals surface area contributed by atoms with Crippen LogP contribution in [0.5, 0.6) is 0 Å². The lowest BCUT2D eigenvalue weighted by atomic mass is 10.0. The molecule has 0 saturated heterocycles. The molecular weight excluding hydrogens is 434 g/mol. The fourth-order valence-corrected chi connectivity index (χ4v) is 5.00. The Bertz CT molecular complexity index is 1960. The number of aromatic nitrogens is 5. The van der Waals surface area contributed by atoms with Gasteiger partial charge < -0.3 is 0 Å². The van der Waals surface area contributed by atoms with Crippen molar-refractivity contribution < 1.29 is 4.79 Å². The molecule has 6 heteroatoms. The number of Topliss-reactive ketones (excluding diaryl/α,β-unsaturated/α-hetero) is 1. The number of nitrogens with zero attached hydrogens (tertiary/aromatic N) is 5. The van der Waals surface area contributed by atoms with Crippen molar-refractivity contribution in [3.05, 3.63) is 108 Å². The first kappa shape index (κ1) is 19.7. The maximum atomic E-state index is 12.8. The van der Waals surface area contributed by atoms with Crippen LogP contribution in [0.2, 0.25) is 0 Å². The zero-order valence-corrected chi connectivity index (χ0v) is 19.1. The molecule has 7 aromatic rings. The van der Waals surface area contributed by atoms with E-state index in [1.54, 1.807) is 0 Å². The smallest absolute Gasteiger partial charge is 0.218 e. The van der Waals surface area contributed by atoms with Crippen LogP contribution in [-0.2, 0) is 13.5 Å². The molecule has 0 N–H and O–H groups in total. The number of hydrogen-bond donors (Lipinski definition) is 0. The van der Waals surface area contributed by atoms with E-state index in [-0.39, 0.29) is 5.78 Å². The van der Waals surface area contributed by atoms with Crippen LogP contribution in [0.1, 0.15) is 15.9 Å². The number of carbonyl (C=O) groups is 1. The van der Waals surface area contributed by atoms with Gasteiger partial charge in [-0.05, 0) is 42.0 Å². The number of benzene rings is 4. The van der Waals surface area contributed by atoms with Crippen molar-refractivity contribution >= 4 is 50.4 Å². The molecule has 0 radical (unpaired) electrons. The Balaban J connectivity index is 1.52. The van der Waals surface area contributed by atoms with Gasteiger partial charge in [0.1, 0.15) is 0 Å². The van der Waals surface area contributed by atoms with Crippen molar-refractivity contribution in [3.8, 4) is 0 Å². The summed E-state index contributed by atoms with van der Waals surface area (Å²) in [6.07, 6.45) is 0.338. The van der Waals surface area contributed by atoms with Crippen LogP contribution in [0.4, 0.5) is 0 Å². The Labute approximate surface area is 200 Å². The number of carbonyl (C=O) groups excluding carboxylic acids is 1. The van der Waals surface area contributed by atoms with Crippen LogP contribution in [0.3, 0.4) is 0 Å². The fourth-order valence-electron chi connectivity index (χ4n) is 5.00. The second kappa shape index (κ2) is 7.40. The number of hydrogen-bond acceptors (Lipinski definition) is 3. The summed E-state index contributed by atoms with van der Waals surface area (Å²) in [4.78, 5) is 22.8. The third-order valence-corrected chi connectivity index (χ3v) is 6.67. The summed E-state index contributed by atoms with van der Waals surface area (Å²) in [5.74, 6) is 1.70. The molecule has 168 valence electrons. The predicted octanol–water partition coefficient (Wildman–Crippen LogP) is 5.77. The van der Waals surface area contributed by atoms with Crippen LogP contribution in [0.15, 0.2) is 97.1 Å². The van der Waals surface area contributed by atoms with Gasteiger partial charge in [0.2, 0.25) is 11.6 Å². The van der Waals surface area contributed by atoms with E-state index >= 15 is 0 Å². The van der Waals surface area contributed by atoms with Gasteiger partial charge >= 0.3 is 0 Å². The largest absolute Gasteiger partial charge is 0.294 e. The summed E-state index contributed by atoms with van der Waals surface area (Å²) in [5, 5.41) is 0. The zero-order chi connectivity index (χ0) is 23.5. The molecule has 0 spiro atoms. The maximum absolute atomic E-state index is 12.8. The van der Waals surface area contributed by atoms with Crippen molar-refractivity contribution in [2.75, 3.05) is 0 Å². The monoisotopic (exact) mass is 455 g/mol. The second-order valence-electron chi connectivity index (χ2n) is 8.82. The van der Waals surface area contributed by atoms with E-state index in [1.807, 2.05) is 78.3 Å². The molecule has 3 heterocycles. The van der Waals surface area contributed by atoms with Crippen molar-refractivity contribution in [2.45, 2.75) is 6.42 Å². The Morgan fingerprint density at radius 2 is 1.23 bits per heavy atom. The molecule has 0 atom stereocenters. The lowest BCUT2D eigenvalue weighted by Gasteiger charge is -2.03. The van der Waals surface area contributed by atoms with E-state index in [1.165, 1.54) is 0 Å². The first-order chi connectivity index (χ1) is 17.2. The third kappa shape index (κ3) is 2.93. The van der Waals surface area contributed by atoms with Crippen LogP contribution in [0, 0.1) is 0 Å². The van der Waals surface area contributed by atoms with E-state index < -0.39 is 0 Å². The number of aryl methyl sites for hydroxylation is 1. The van der Waals surface area contributed by atoms with Crippen molar-refractivity contribution in [1.29, 1.82) is 0 Å². The highest BCUT2D eigenvalue weighted by Gasteiger charge is 2.16. The summed E-state index contributed by atoms with van der Waals surface area (Å²) in [6, 6.07) is 32.1. The standard InChI is InChI=1S/C29H21N5O/c1-32-28-30-21-11-5-6-12-23(21)33(28)25-13-7-8-14-26(25)34-24-16-15-19(17-22(24)31-29(32)34)18-27(35)20-9-3-2-4-10-20/h2-17H,18H2,1H3. The predicted molar refractivity (Wildman–Crippen MR) is 139 cm³/mol. The molecule has 0 bridgehead atoms. The fraction of sp³-hybridized carbons (Fsp3) is 0.0690. The zero-order valence-electron chi connectivity index (χ0n) is 19.1. The van der Waals surface area contributed by atoms with E-state index in [0.717, 1.165) is 55.8 Å². The van der Waals surface area contributed by atoms with Gasteiger partial charge in [-0.3, -0.25) is 18.2 Å². The highest BCUT2D eigenvalue weighted by Crippen LogP contribution is 2.27. The average molecular weight is 456 g/mol. The van der Waals surface area contributed by atoms with Crippen molar-refractivity contribution in [1.82, 2.24) is 23.3 Å². The summed E-state index contributed by atoms with van der Waals surface area (Å²) < 4.78 is 6.41. The van der Waals surface area contributed by atoms with E-state index in [0.29, 0.717) is 6.42 Å². The SMILES string of the molecule is Cn1c2nc3ccccc3n2c2ccccc2n2c3ccc(CC(=O)c4ccccc4)cc3nc12. The molecule has 0 unspecified atom stereocenters. The van der Waals surface area contributed by atoms with Gasteiger partial charge in [0, 0.05) is 19.0 Å². The molecule has 7 rings (SSSR count). The van der Waals surface area contributed by atoms with Gasteiger partial charge in [-0.2, -0.15) is 0 Å². The average Bonchev–Trinajstić information content (AvgIpc) is 3.45. The third-order valence-electron chi connectivity index (χ3n) is 6.67. The summed E-state index contributed by atoms with van der Waals surface area (Å²) in [5.41, 5.74) is 7.59. The lowest BCUT2D eigenvalue weighted by Crippen LogP contribution is -2.03. The minimum Gasteiger partial charge on any atom is -0.294 e. The molecular formula is C29H21N5O. The molecule has 0 aliphatic carbocycles. The summed E-state index contributed by atoms with van der Waals surface area (Å²) in [7, 11) is 2.00. The maximum Gasteiger partial charge on any atom is 0.218 e. The van der Waals surface area contributed by atoms with Gasteiger partial charge in [-0.15, -0.1) is 0 Å². The summed E-state index contributed by atoms with van der Waals surface area (Å²) >= 11 is 0. The molecule has 0 amide bonds. The van der Waals surface area contributed by atoms with Gasteiger partial charge in [0.25, 0.3) is 0 Å². The molecule has 0 saturated carbocycles. The minimum absolute atomic E-state index is 0.0990. The number of para-hydroxylation sites is 4. The highest BCUT2D eigenvalue weighted by molar-refractivity contribution is 5.98. The first-order valence-electron chi connectivity index (χ1n) is 11.6. The van der Waals surface area contributed by atoms with Crippen LogP contribution >= 0.6 is 0 Å². The molecule has 0 aliphatic rings. The number of imidazole rings is 2. The minimum atomic E-state index is 0.0990. The van der Waals surface area contributed by atoms with Gasteiger partial charge in [-0.1, -0.05) is 60.7 Å². The van der Waals surface area contributed by atoms with Crippen molar-refractivity contribution in [2.24, 2.45) is 7.05 Å². The molecule has 4 aromatic carbocycles. The van der Waals surface area contributed by atoms with Gasteiger partial charge in [0.05, 0.1) is 33.1 Å². The van der Waals surface area contributed by atoms with Gasteiger partial charge in [-0.25, -0.2) is 9.97 Å². The molecule has 3 aromatic heterocycles. The highest BCUT2D eigenvalue weighted by atomic mass is 16.1. The number of fused-ring (bicyclic) bond motifs is 9. The topological polar surface area (TPSA) is 56.6 Å². The van der Waals surface area contributed by atoms with E-state index in [4.69, 9.17) is 9.97 Å². The number of rotatable bonds is 3.